The van der Waals surface area contributed by atoms with Crippen molar-refractivity contribution in [3.63, 3.8) is 0 Å². The Kier molecular flexibility index (Phi) is 9.11. The summed E-state index contributed by atoms with van der Waals surface area (Å²) in [5.41, 5.74) is 0. The van der Waals surface area contributed by atoms with Gasteiger partial charge in [-0.3, -0.25) is 0 Å². The van der Waals surface area contributed by atoms with E-state index in [1.165, 1.54) is 0 Å². The number of benzene rings is 1. The standard InChI is InChI=1S/C6H4Cl.ClH.Mg/c7-6-4-2-1-3-5-6;;/h1-4H;1H;/q-1;;+2/p-1. The van der Waals surface area contributed by atoms with Crippen molar-refractivity contribution in [3.8, 4) is 0 Å². The minimum absolute atomic E-state index is 0. The summed E-state index contributed by atoms with van der Waals surface area (Å²) in [6.07, 6.45) is 0. The van der Waals surface area contributed by atoms with Crippen LogP contribution >= 0.6 is 11.6 Å². The molecule has 0 bridgehead atoms. The second-order valence-electron chi connectivity index (χ2n) is 1.21. The topological polar surface area (TPSA) is 0 Å². The van der Waals surface area contributed by atoms with Gasteiger partial charge < -0.3 is 12.4 Å². The molecule has 0 aliphatic carbocycles. The molecule has 0 atom stereocenters. The fourth-order valence-corrected chi connectivity index (χ4v) is 0.507. The summed E-state index contributed by atoms with van der Waals surface area (Å²) in [5, 5.41) is 0.669. The average Bonchev–Trinajstić information content (AvgIpc) is 1.69. The van der Waals surface area contributed by atoms with Crippen LogP contribution in [0.25, 0.3) is 0 Å². The normalized spacial score (nSPS) is 6.78. The minimum atomic E-state index is 0. The van der Waals surface area contributed by atoms with Crippen LogP contribution in [0.5, 0.6) is 0 Å². The molecule has 0 aliphatic heterocycles. The molecule has 0 aromatic heterocycles. The van der Waals surface area contributed by atoms with Crippen molar-refractivity contribution in [1.82, 2.24) is 0 Å². The van der Waals surface area contributed by atoms with Crippen molar-refractivity contribution >= 4 is 34.7 Å². The van der Waals surface area contributed by atoms with Gasteiger partial charge in [-0.2, -0.15) is 30.3 Å². The molecular formula is C6H4Cl2Mg. The van der Waals surface area contributed by atoms with Crippen LogP contribution in [0.15, 0.2) is 24.3 Å². The van der Waals surface area contributed by atoms with E-state index in [9.17, 15) is 0 Å². The molecule has 1 rings (SSSR count). The zero-order chi connectivity index (χ0) is 5.11. The molecule has 0 aliphatic rings. The first kappa shape index (κ1) is 12.3. The van der Waals surface area contributed by atoms with Crippen LogP contribution < -0.4 is 12.4 Å². The van der Waals surface area contributed by atoms with Crippen molar-refractivity contribution in [2.24, 2.45) is 0 Å². The van der Waals surface area contributed by atoms with E-state index in [1.807, 2.05) is 12.1 Å². The van der Waals surface area contributed by atoms with E-state index >= 15 is 0 Å². The monoisotopic (exact) mass is 170 g/mol. The molecule has 0 nitrogen and oxygen atoms in total. The summed E-state index contributed by atoms with van der Waals surface area (Å²) < 4.78 is 0. The molecule has 0 saturated carbocycles. The molecule has 44 valence electrons. The molecule has 0 unspecified atom stereocenters. The van der Waals surface area contributed by atoms with Gasteiger partial charge in [-0.1, -0.05) is 5.02 Å². The van der Waals surface area contributed by atoms with Gasteiger partial charge in [0.05, 0.1) is 0 Å². The second kappa shape index (κ2) is 6.68. The SMILES string of the molecule is Clc1[c-]cccc1.[Cl-].[Mg+2]. The Bertz CT molecular complexity index is 141. The zero-order valence-corrected chi connectivity index (χ0v) is 7.70. The first-order valence-corrected chi connectivity index (χ1v) is 2.39. The van der Waals surface area contributed by atoms with E-state index in [2.05, 4.69) is 6.07 Å². The molecule has 1 aromatic carbocycles. The second-order valence-corrected chi connectivity index (χ2v) is 1.62. The maximum Gasteiger partial charge on any atom is 2.00 e. The maximum absolute atomic E-state index is 5.48. The van der Waals surface area contributed by atoms with Gasteiger partial charge in [0.1, 0.15) is 0 Å². The van der Waals surface area contributed by atoms with Crippen LogP contribution in [0.1, 0.15) is 0 Å². The third kappa shape index (κ3) is 5.03. The molecule has 0 radical (unpaired) electrons. The van der Waals surface area contributed by atoms with Gasteiger partial charge in [0.15, 0.2) is 0 Å². The van der Waals surface area contributed by atoms with Gasteiger partial charge >= 0.3 is 23.1 Å². The van der Waals surface area contributed by atoms with Crippen molar-refractivity contribution < 1.29 is 12.4 Å². The predicted octanol–water partition coefficient (Wildman–Crippen LogP) is -1.24. The summed E-state index contributed by atoms with van der Waals surface area (Å²) in [4.78, 5) is 0. The summed E-state index contributed by atoms with van der Waals surface area (Å²) in [5.74, 6) is 0. The Balaban J connectivity index is 0. The van der Waals surface area contributed by atoms with Gasteiger partial charge in [0.25, 0.3) is 0 Å². The summed E-state index contributed by atoms with van der Waals surface area (Å²) in [6.45, 7) is 0. The molecule has 9 heavy (non-hydrogen) atoms. The molecule has 0 amide bonds. The average molecular weight is 171 g/mol. The van der Waals surface area contributed by atoms with Crippen LogP contribution in [0.4, 0.5) is 0 Å². The van der Waals surface area contributed by atoms with Crippen LogP contribution in [-0.4, -0.2) is 23.1 Å². The number of hydrogen-bond donors (Lipinski definition) is 0. The van der Waals surface area contributed by atoms with Crippen LogP contribution in [0, 0.1) is 6.07 Å². The number of halogens is 2. The van der Waals surface area contributed by atoms with Crippen molar-refractivity contribution in [1.29, 1.82) is 0 Å². The quantitative estimate of drug-likeness (QED) is 0.338. The van der Waals surface area contributed by atoms with Gasteiger partial charge in [0.2, 0.25) is 0 Å². The van der Waals surface area contributed by atoms with Crippen molar-refractivity contribution in [2.75, 3.05) is 0 Å². The van der Waals surface area contributed by atoms with Gasteiger partial charge in [-0.25, -0.2) is 0 Å². The molecule has 0 N–H and O–H groups in total. The van der Waals surface area contributed by atoms with E-state index < -0.39 is 0 Å². The van der Waals surface area contributed by atoms with E-state index in [4.69, 9.17) is 11.6 Å². The van der Waals surface area contributed by atoms with Gasteiger partial charge in [0, 0.05) is 0 Å². The number of hydrogen-bond acceptors (Lipinski definition) is 0. The molecule has 0 saturated heterocycles. The fraction of sp³-hybridized carbons (Fsp3) is 0. The molecule has 0 spiro atoms. The first-order chi connectivity index (χ1) is 3.39. The fourth-order valence-electron chi connectivity index (χ4n) is 0.371. The smallest absolute Gasteiger partial charge is 1.00 e. The van der Waals surface area contributed by atoms with E-state index in [0.29, 0.717) is 5.02 Å². The Morgan fingerprint density at radius 3 is 2.22 bits per heavy atom. The van der Waals surface area contributed by atoms with Crippen LogP contribution in [0.3, 0.4) is 0 Å². The molecule has 0 fully saturated rings. The Morgan fingerprint density at radius 1 is 1.33 bits per heavy atom. The Hall–Kier alpha value is 0.566. The summed E-state index contributed by atoms with van der Waals surface area (Å²) in [6, 6.07) is 10.1. The van der Waals surface area contributed by atoms with Crippen molar-refractivity contribution in [2.45, 2.75) is 0 Å². The number of rotatable bonds is 0. The Labute approximate surface area is 82.2 Å². The summed E-state index contributed by atoms with van der Waals surface area (Å²) >= 11 is 5.48. The van der Waals surface area contributed by atoms with Crippen LogP contribution in [0.2, 0.25) is 5.02 Å². The predicted molar refractivity (Wildman–Crippen MR) is 36.0 cm³/mol. The third-order valence-electron chi connectivity index (χ3n) is 0.671. The molecule has 0 heterocycles. The first-order valence-electron chi connectivity index (χ1n) is 2.02. The van der Waals surface area contributed by atoms with Gasteiger partial charge in [-0.15, -0.1) is 11.6 Å². The Morgan fingerprint density at radius 2 is 2.00 bits per heavy atom. The minimum Gasteiger partial charge on any atom is -1.00 e. The zero-order valence-electron chi connectivity index (χ0n) is 4.77. The maximum atomic E-state index is 5.48. The van der Waals surface area contributed by atoms with E-state index in [0.717, 1.165) is 0 Å². The molecule has 1 aromatic rings. The summed E-state index contributed by atoms with van der Waals surface area (Å²) in [7, 11) is 0. The van der Waals surface area contributed by atoms with Crippen molar-refractivity contribution in [3.05, 3.63) is 35.4 Å². The third-order valence-corrected chi connectivity index (χ3v) is 0.906. The van der Waals surface area contributed by atoms with Crippen LogP contribution in [-0.2, 0) is 0 Å². The van der Waals surface area contributed by atoms with E-state index in [-0.39, 0.29) is 35.5 Å². The van der Waals surface area contributed by atoms with Gasteiger partial charge in [-0.05, 0) is 0 Å². The largest absolute Gasteiger partial charge is 2.00 e. The van der Waals surface area contributed by atoms with E-state index in [1.54, 1.807) is 12.1 Å². The molecule has 3 heteroatoms. The molecular weight excluding hydrogens is 167 g/mol.